The molecule has 2 aromatic rings. The summed E-state index contributed by atoms with van der Waals surface area (Å²) >= 11 is 3.31. The van der Waals surface area contributed by atoms with Crippen LogP contribution in [-0.4, -0.2) is 4.98 Å². The molecule has 0 radical (unpaired) electrons. The van der Waals surface area contributed by atoms with Crippen LogP contribution in [0, 0.1) is 11.3 Å². The first-order valence-electron chi connectivity index (χ1n) is 5.02. The lowest BCUT2D eigenvalue weighted by Gasteiger charge is -2.07. The second-order valence-corrected chi connectivity index (χ2v) is 4.14. The predicted octanol–water partition coefficient (Wildman–Crippen LogP) is 3.29. The number of hydrogen-bond donors (Lipinski definition) is 0. The molecule has 3 nitrogen and oxygen atoms in total. The zero-order valence-electron chi connectivity index (χ0n) is 8.93. The van der Waals surface area contributed by atoms with Gasteiger partial charge in [0.15, 0.2) is 5.75 Å². The quantitative estimate of drug-likeness (QED) is 0.814. The van der Waals surface area contributed by atoms with Gasteiger partial charge in [0.25, 0.3) is 0 Å². The van der Waals surface area contributed by atoms with Gasteiger partial charge in [-0.25, -0.2) is 4.98 Å². The fraction of sp³-hybridized carbons (Fsp3) is 0.0769. The zero-order chi connectivity index (χ0) is 12.1. The van der Waals surface area contributed by atoms with Crippen LogP contribution >= 0.6 is 15.9 Å². The number of benzene rings is 1. The minimum absolute atomic E-state index is 0.454. The lowest BCUT2D eigenvalue weighted by molar-refractivity contribution is 0.302. The summed E-state index contributed by atoms with van der Waals surface area (Å²) in [4.78, 5) is 4.07. The molecule has 2 rings (SSSR count). The number of pyridine rings is 1. The fourth-order valence-electron chi connectivity index (χ4n) is 1.32. The summed E-state index contributed by atoms with van der Waals surface area (Å²) in [6.45, 7) is 0.454. The monoisotopic (exact) mass is 288 g/mol. The SMILES string of the molecule is N#Cc1ccc(COc2cccnc2Br)cc1. The van der Waals surface area contributed by atoms with Gasteiger partial charge in [-0.15, -0.1) is 0 Å². The molecule has 17 heavy (non-hydrogen) atoms. The fourth-order valence-corrected chi connectivity index (χ4v) is 1.68. The third-order valence-corrected chi connectivity index (χ3v) is 2.80. The normalized spacial score (nSPS) is 9.65. The van der Waals surface area contributed by atoms with Crippen LogP contribution in [0.2, 0.25) is 0 Å². The van der Waals surface area contributed by atoms with E-state index >= 15 is 0 Å². The van der Waals surface area contributed by atoms with E-state index in [1.165, 1.54) is 0 Å². The summed E-state index contributed by atoms with van der Waals surface area (Å²) in [5.41, 5.74) is 1.66. The van der Waals surface area contributed by atoms with Crippen molar-refractivity contribution < 1.29 is 4.74 Å². The predicted molar refractivity (Wildman–Crippen MR) is 67.4 cm³/mol. The Labute approximate surface area is 108 Å². The minimum atomic E-state index is 0.454. The second-order valence-electron chi connectivity index (χ2n) is 3.39. The molecule has 0 aliphatic heterocycles. The first-order valence-corrected chi connectivity index (χ1v) is 5.81. The van der Waals surface area contributed by atoms with E-state index in [1.807, 2.05) is 24.3 Å². The Morgan fingerprint density at radius 2 is 2.00 bits per heavy atom. The molecule has 0 N–H and O–H groups in total. The molecule has 0 atom stereocenters. The molecule has 84 valence electrons. The number of nitriles is 1. The molecule has 0 saturated carbocycles. The maximum atomic E-state index is 8.68. The molecule has 0 unspecified atom stereocenters. The number of ether oxygens (including phenoxy) is 1. The number of hydrogen-bond acceptors (Lipinski definition) is 3. The zero-order valence-corrected chi connectivity index (χ0v) is 10.5. The van der Waals surface area contributed by atoms with Crippen molar-refractivity contribution in [1.29, 1.82) is 5.26 Å². The summed E-state index contributed by atoms with van der Waals surface area (Å²) in [5, 5.41) is 8.68. The average molecular weight is 289 g/mol. The van der Waals surface area contributed by atoms with E-state index < -0.39 is 0 Å². The van der Waals surface area contributed by atoms with Crippen LogP contribution in [-0.2, 0) is 6.61 Å². The Morgan fingerprint density at radius 1 is 1.24 bits per heavy atom. The maximum absolute atomic E-state index is 8.68. The molecular formula is C13H9BrN2O. The van der Waals surface area contributed by atoms with E-state index in [0.717, 1.165) is 5.56 Å². The van der Waals surface area contributed by atoms with Gasteiger partial charge >= 0.3 is 0 Å². The highest BCUT2D eigenvalue weighted by atomic mass is 79.9. The smallest absolute Gasteiger partial charge is 0.152 e. The van der Waals surface area contributed by atoms with Crippen LogP contribution in [0.3, 0.4) is 0 Å². The highest BCUT2D eigenvalue weighted by molar-refractivity contribution is 9.10. The van der Waals surface area contributed by atoms with Gasteiger partial charge in [0.05, 0.1) is 11.6 Å². The molecule has 4 heteroatoms. The number of aromatic nitrogens is 1. The Bertz CT molecular complexity index is 546. The van der Waals surface area contributed by atoms with Gasteiger partial charge in [-0.2, -0.15) is 5.26 Å². The molecule has 0 bridgehead atoms. The van der Waals surface area contributed by atoms with Crippen molar-refractivity contribution in [3.05, 3.63) is 58.3 Å². The van der Waals surface area contributed by atoms with E-state index in [9.17, 15) is 0 Å². The number of halogens is 1. The van der Waals surface area contributed by atoms with Crippen molar-refractivity contribution in [3.8, 4) is 11.8 Å². The van der Waals surface area contributed by atoms with Crippen LogP contribution in [0.15, 0.2) is 47.2 Å². The van der Waals surface area contributed by atoms with Gasteiger partial charge in [0.2, 0.25) is 0 Å². The molecule has 0 aliphatic rings. The van der Waals surface area contributed by atoms with Crippen molar-refractivity contribution >= 4 is 15.9 Å². The first kappa shape index (κ1) is 11.6. The van der Waals surface area contributed by atoms with E-state index in [4.69, 9.17) is 10.00 Å². The summed E-state index contributed by atoms with van der Waals surface area (Å²) in [6, 6.07) is 13.1. The van der Waals surface area contributed by atoms with Gasteiger partial charge in [0, 0.05) is 6.20 Å². The van der Waals surface area contributed by atoms with Crippen molar-refractivity contribution in [2.75, 3.05) is 0 Å². The average Bonchev–Trinajstić information content (AvgIpc) is 2.38. The Hall–Kier alpha value is -1.86. The maximum Gasteiger partial charge on any atom is 0.152 e. The molecular weight excluding hydrogens is 280 g/mol. The molecule has 1 heterocycles. The van der Waals surface area contributed by atoms with Crippen molar-refractivity contribution in [3.63, 3.8) is 0 Å². The van der Waals surface area contributed by atoms with Crippen LogP contribution in [0.5, 0.6) is 5.75 Å². The summed E-state index contributed by atoms with van der Waals surface area (Å²) < 4.78 is 6.29. The molecule has 0 aliphatic carbocycles. The van der Waals surface area contributed by atoms with Gasteiger partial charge in [-0.1, -0.05) is 12.1 Å². The highest BCUT2D eigenvalue weighted by Gasteiger charge is 2.01. The van der Waals surface area contributed by atoms with Crippen LogP contribution in [0.25, 0.3) is 0 Å². The van der Waals surface area contributed by atoms with E-state index in [-0.39, 0.29) is 0 Å². The van der Waals surface area contributed by atoms with Crippen molar-refractivity contribution in [2.24, 2.45) is 0 Å². The largest absolute Gasteiger partial charge is 0.486 e. The van der Waals surface area contributed by atoms with Gasteiger partial charge in [-0.05, 0) is 45.8 Å². The minimum Gasteiger partial charge on any atom is -0.486 e. The van der Waals surface area contributed by atoms with Gasteiger partial charge in [0.1, 0.15) is 11.2 Å². The topological polar surface area (TPSA) is 45.9 Å². The highest BCUT2D eigenvalue weighted by Crippen LogP contribution is 2.22. The van der Waals surface area contributed by atoms with Crippen molar-refractivity contribution in [2.45, 2.75) is 6.61 Å². The van der Waals surface area contributed by atoms with Gasteiger partial charge in [-0.3, -0.25) is 0 Å². The van der Waals surface area contributed by atoms with E-state index in [2.05, 4.69) is 27.0 Å². The molecule has 0 spiro atoms. The Morgan fingerprint density at radius 3 is 2.65 bits per heavy atom. The molecule has 0 amide bonds. The lowest BCUT2D eigenvalue weighted by Crippen LogP contribution is -1.96. The van der Waals surface area contributed by atoms with Crippen LogP contribution in [0.4, 0.5) is 0 Å². The molecule has 1 aromatic heterocycles. The molecule has 0 saturated heterocycles. The number of nitrogens with zero attached hydrogens (tertiary/aromatic N) is 2. The molecule has 1 aromatic carbocycles. The third-order valence-electron chi connectivity index (χ3n) is 2.20. The van der Waals surface area contributed by atoms with E-state index in [1.54, 1.807) is 18.3 Å². The summed E-state index contributed by atoms with van der Waals surface area (Å²) in [5.74, 6) is 0.705. The lowest BCUT2D eigenvalue weighted by atomic mass is 10.2. The Balaban J connectivity index is 2.03. The second kappa shape index (κ2) is 5.46. The van der Waals surface area contributed by atoms with Crippen LogP contribution in [0.1, 0.15) is 11.1 Å². The number of rotatable bonds is 3. The Kier molecular flexibility index (Phi) is 3.73. The molecule has 0 fully saturated rings. The third kappa shape index (κ3) is 3.05. The summed E-state index contributed by atoms with van der Waals surface area (Å²) in [7, 11) is 0. The van der Waals surface area contributed by atoms with Gasteiger partial charge < -0.3 is 4.74 Å². The first-order chi connectivity index (χ1) is 8.29. The summed E-state index contributed by atoms with van der Waals surface area (Å²) in [6.07, 6.45) is 1.69. The van der Waals surface area contributed by atoms with E-state index in [0.29, 0.717) is 22.5 Å². The standard InChI is InChI=1S/C13H9BrN2O/c14-13-12(2-1-7-16-13)17-9-11-5-3-10(8-15)4-6-11/h1-7H,9H2. The van der Waals surface area contributed by atoms with Crippen molar-refractivity contribution in [1.82, 2.24) is 4.98 Å². The van der Waals surface area contributed by atoms with Crippen LogP contribution < -0.4 is 4.74 Å².